The van der Waals surface area contributed by atoms with Gasteiger partial charge in [-0.1, -0.05) is 44.2 Å². The number of benzene rings is 2. The molecule has 0 unspecified atom stereocenters. The van der Waals surface area contributed by atoms with Gasteiger partial charge in [0.1, 0.15) is 18.5 Å². The summed E-state index contributed by atoms with van der Waals surface area (Å²) in [4.78, 5) is 4.71. The van der Waals surface area contributed by atoms with Gasteiger partial charge in [0.05, 0.1) is 0 Å². The van der Waals surface area contributed by atoms with Gasteiger partial charge in [0.2, 0.25) is 0 Å². The maximum absolute atomic E-state index is 10.3. The third kappa shape index (κ3) is 5.23. The Bertz CT molecular complexity index is 650. The summed E-state index contributed by atoms with van der Waals surface area (Å²) >= 11 is 0. The molecule has 4 heteroatoms. The molecule has 0 amide bonds. The second-order valence-corrected chi connectivity index (χ2v) is 7.31. The zero-order valence-corrected chi connectivity index (χ0v) is 15.8. The van der Waals surface area contributed by atoms with Crippen LogP contribution in [0.15, 0.2) is 54.6 Å². The Hall–Kier alpha value is -2.04. The van der Waals surface area contributed by atoms with Gasteiger partial charge >= 0.3 is 0 Å². The van der Waals surface area contributed by atoms with Crippen molar-refractivity contribution in [2.45, 2.75) is 25.9 Å². The van der Waals surface area contributed by atoms with Gasteiger partial charge in [0.25, 0.3) is 0 Å². The minimum absolute atomic E-state index is 0.333. The van der Waals surface area contributed by atoms with Crippen LogP contribution in [-0.2, 0) is 0 Å². The van der Waals surface area contributed by atoms with Gasteiger partial charge in [-0.05, 0) is 35.7 Å². The normalized spacial score (nSPS) is 16.7. The summed E-state index contributed by atoms with van der Waals surface area (Å²) in [7, 11) is 0. The van der Waals surface area contributed by atoms with Crippen molar-refractivity contribution < 1.29 is 9.84 Å². The highest BCUT2D eigenvalue weighted by molar-refractivity contribution is 5.46. The number of piperazine rings is 1. The van der Waals surface area contributed by atoms with Gasteiger partial charge in [-0.3, -0.25) is 4.90 Å². The molecule has 4 nitrogen and oxygen atoms in total. The van der Waals surface area contributed by atoms with E-state index in [1.807, 2.05) is 18.2 Å². The number of para-hydroxylation sites is 1. The van der Waals surface area contributed by atoms with Crippen LogP contribution < -0.4 is 9.64 Å². The molecule has 0 radical (unpaired) electrons. The van der Waals surface area contributed by atoms with Crippen LogP contribution in [0.3, 0.4) is 0 Å². The third-order valence-corrected chi connectivity index (χ3v) is 4.95. The monoisotopic (exact) mass is 354 g/mol. The Balaban J connectivity index is 1.39. The van der Waals surface area contributed by atoms with Crippen LogP contribution in [0.25, 0.3) is 0 Å². The van der Waals surface area contributed by atoms with Crippen molar-refractivity contribution in [3.63, 3.8) is 0 Å². The predicted molar refractivity (Wildman–Crippen MR) is 107 cm³/mol. The number of anilines is 1. The van der Waals surface area contributed by atoms with E-state index in [4.69, 9.17) is 4.74 Å². The molecule has 2 aromatic carbocycles. The van der Waals surface area contributed by atoms with Gasteiger partial charge in [-0.15, -0.1) is 0 Å². The van der Waals surface area contributed by atoms with Crippen LogP contribution in [0.2, 0.25) is 0 Å². The first-order valence-electron chi connectivity index (χ1n) is 9.55. The van der Waals surface area contributed by atoms with Crippen molar-refractivity contribution in [1.82, 2.24) is 4.90 Å². The lowest BCUT2D eigenvalue weighted by Gasteiger charge is -2.36. The quantitative estimate of drug-likeness (QED) is 0.827. The van der Waals surface area contributed by atoms with Crippen LogP contribution in [0.1, 0.15) is 25.3 Å². The Labute approximate surface area is 157 Å². The van der Waals surface area contributed by atoms with E-state index < -0.39 is 6.10 Å². The van der Waals surface area contributed by atoms with E-state index in [2.05, 4.69) is 60.0 Å². The molecule has 1 saturated heterocycles. The fourth-order valence-corrected chi connectivity index (χ4v) is 3.32. The molecular formula is C22H30N2O2. The summed E-state index contributed by atoms with van der Waals surface area (Å²) in [5, 5.41) is 10.3. The molecule has 0 spiro atoms. The molecule has 140 valence electrons. The predicted octanol–water partition coefficient (Wildman–Crippen LogP) is 3.37. The van der Waals surface area contributed by atoms with Crippen LogP contribution >= 0.6 is 0 Å². The number of aliphatic hydroxyl groups excluding tert-OH is 1. The summed E-state index contributed by atoms with van der Waals surface area (Å²) < 4.78 is 5.75. The summed E-state index contributed by atoms with van der Waals surface area (Å²) in [5.74, 6) is 1.34. The van der Waals surface area contributed by atoms with Crippen molar-refractivity contribution in [2.75, 3.05) is 44.2 Å². The summed E-state index contributed by atoms with van der Waals surface area (Å²) in [5.41, 5.74) is 2.58. The van der Waals surface area contributed by atoms with E-state index in [0.717, 1.165) is 31.9 Å². The minimum atomic E-state index is -0.469. The van der Waals surface area contributed by atoms with E-state index in [-0.39, 0.29) is 0 Å². The molecule has 1 atom stereocenters. The maximum atomic E-state index is 10.3. The lowest BCUT2D eigenvalue weighted by Crippen LogP contribution is -2.49. The topological polar surface area (TPSA) is 35.9 Å². The summed E-state index contributed by atoms with van der Waals surface area (Å²) in [6.07, 6.45) is -0.469. The molecule has 1 N–H and O–H groups in total. The number of hydrogen-bond acceptors (Lipinski definition) is 4. The Morgan fingerprint density at radius 3 is 2.19 bits per heavy atom. The fraction of sp³-hybridized carbons (Fsp3) is 0.455. The smallest absolute Gasteiger partial charge is 0.119 e. The zero-order chi connectivity index (χ0) is 18.4. The average Bonchev–Trinajstić information content (AvgIpc) is 2.68. The first-order valence-corrected chi connectivity index (χ1v) is 9.55. The van der Waals surface area contributed by atoms with Crippen molar-refractivity contribution in [3.05, 3.63) is 60.2 Å². The number of β-amino-alcohol motifs (C(OH)–C–C–N with tert-alkyl or cyclic N) is 1. The Morgan fingerprint density at radius 2 is 1.58 bits per heavy atom. The Morgan fingerprint density at radius 1 is 0.923 bits per heavy atom. The van der Waals surface area contributed by atoms with E-state index in [1.165, 1.54) is 11.3 Å². The lowest BCUT2D eigenvalue weighted by atomic mass is 10.0. The summed E-state index contributed by atoms with van der Waals surface area (Å²) in [6.45, 7) is 9.27. The molecule has 1 aliphatic rings. The molecule has 0 bridgehead atoms. The van der Waals surface area contributed by atoms with Crippen LogP contribution in [0.5, 0.6) is 5.75 Å². The second kappa shape index (κ2) is 9.06. The molecule has 0 aromatic heterocycles. The van der Waals surface area contributed by atoms with E-state index >= 15 is 0 Å². The van der Waals surface area contributed by atoms with Gasteiger partial charge in [-0.2, -0.15) is 0 Å². The van der Waals surface area contributed by atoms with E-state index in [0.29, 0.717) is 19.1 Å². The van der Waals surface area contributed by atoms with Crippen LogP contribution in [0.4, 0.5) is 5.69 Å². The van der Waals surface area contributed by atoms with E-state index in [9.17, 15) is 5.11 Å². The minimum Gasteiger partial charge on any atom is -0.491 e. The molecule has 0 saturated carbocycles. The number of hydrogen-bond donors (Lipinski definition) is 1. The van der Waals surface area contributed by atoms with E-state index in [1.54, 1.807) is 0 Å². The largest absolute Gasteiger partial charge is 0.491 e. The lowest BCUT2D eigenvalue weighted by molar-refractivity contribution is 0.0663. The average molecular weight is 354 g/mol. The highest BCUT2D eigenvalue weighted by Crippen LogP contribution is 2.19. The fourth-order valence-electron chi connectivity index (χ4n) is 3.32. The molecule has 1 fully saturated rings. The molecule has 2 aromatic rings. The zero-order valence-electron chi connectivity index (χ0n) is 15.8. The molecule has 1 aliphatic heterocycles. The standard InChI is InChI=1S/C22H30N2O2/c1-18(2)19-8-10-22(11-9-19)26-17-21(25)16-23-12-14-24(15-13-23)20-6-4-3-5-7-20/h3-11,18,21,25H,12-17H2,1-2H3/t21-/m1/s1. The van der Waals surface area contributed by atoms with Crippen molar-refractivity contribution in [1.29, 1.82) is 0 Å². The molecule has 26 heavy (non-hydrogen) atoms. The molecular weight excluding hydrogens is 324 g/mol. The van der Waals surface area contributed by atoms with Gasteiger partial charge in [0, 0.05) is 38.4 Å². The van der Waals surface area contributed by atoms with Crippen molar-refractivity contribution in [3.8, 4) is 5.75 Å². The van der Waals surface area contributed by atoms with Gasteiger partial charge in [-0.25, -0.2) is 0 Å². The molecule has 3 rings (SSSR count). The van der Waals surface area contributed by atoms with Crippen LogP contribution in [0, 0.1) is 0 Å². The van der Waals surface area contributed by atoms with Gasteiger partial charge < -0.3 is 14.7 Å². The number of rotatable bonds is 7. The van der Waals surface area contributed by atoms with Gasteiger partial charge in [0.15, 0.2) is 0 Å². The first kappa shape index (κ1) is 18.7. The van der Waals surface area contributed by atoms with Crippen molar-refractivity contribution >= 4 is 5.69 Å². The number of ether oxygens (including phenoxy) is 1. The van der Waals surface area contributed by atoms with Crippen molar-refractivity contribution in [2.24, 2.45) is 0 Å². The summed E-state index contributed by atoms with van der Waals surface area (Å²) in [6, 6.07) is 18.7. The molecule has 0 aliphatic carbocycles. The SMILES string of the molecule is CC(C)c1ccc(OC[C@H](O)CN2CCN(c3ccccc3)CC2)cc1. The number of nitrogens with zero attached hydrogens (tertiary/aromatic N) is 2. The highest BCUT2D eigenvalue weighted by Gasteiger charge is 2.19. The second-order valence-electron chi connectivity index (χ2n) is 7.31. The van der Waals surface area contributed by atoms with Crippen LogP contribution in [-0.4, -0.2) is 55.4 Å². The maximum Gasteiger partial charge on any atom is 0.119 e. The first-order chi connectivity index (χ1) is 12.6. The highest BCUT2D eigenvalue weighted by atomic mass is 16.5. The Kier molecular flexibility index (Phi) is 6.53. The number of aliphatic hydroxyl groups is 1. The molecule has 1 heterocycles. The third-order valence-electron chi connectivity index (χ3n) is 4.95.